The number of methoxy groups -OCH3 is 1. The first kappa shape index (κ1) is 10.5. The van der Waals surface area contributed by atoms with E-state index in [4.69, 9.17) is 21.4 Å². The summed E-state index contributed by atoms with van der Waals surface area (Å²) in [5.41, 5.74) is 0. The van der Waals surface area contributed by atoms with E-state index in [0.717, 1.165) is 0 Å². The molecule has 0 aliphatic carbocycles. The van der Waals surface area contributed by atoms with E-state index < -0.39 is 7.60 Å². The highest BCUT2D eigenvalue weighted by atomic mass is 35.5. The van der Waals surface area contributed by atoms with Crippen LogP contribution in [0.1, 0.15) is 0 Å². The normalized spacial score (nSPS) is 11.4. The first-order valence-electron chi connectivity index (χ1n) is 3.22. The van der Waals surface area contributed by atoms with Crippen LogP contribution in [0.25, 0.3) is 0 Å². The molecule has 0 bridgehead atoms. The molecule has 2 N–H and O–H groups in total. The van der Waals surface area contributed by atoms with Gasteiger partial charge in [0.25, 0.3) is 0 Å². The quantitative estimate of drug-likeness (QED) is 0.565. The van der Waals surface area contributed by atoms with E-state index in [1.165, 1.54) is 19.2 Å². The number of pyridine rings is 1. The van der Waals surface area contributed by atoms with Gasteiger partial charge >= 0.3 is 7.60 Å². The second-order valence-corrected chi connectivity index (χ2v) is 4.16. The van der Waals surface area contributed by atoms with Gasteiger partial charge in [0.2, 0.25) is 5.88 Å². The van der Waals surface area contributed by atoms with Gasteiger partial charge in [-0.3, -0.25) is 4.57 Å². The van der Waals surface area contributed by atoms with Crippen molar-refractivity contribution in [3.63, 3.8) is 0 Å². The van der Waals surface area contributed by atoms with Crippen LogP contribution in [0.4, 0.5) is 0 Å². The summed E-state index contributed by atoms with van der Waals surface area (Å²) in [4.78, 5) is 21.3. The lowest BCUT2D eigenvalue weighted by Gasteiger charge is -2.08. The Hall–Kier alpha value is -0.610. The van der Waals surface area contributed by atoms with Crippen molar-refractivity contribution in [2.45, 2.75) is 0 Å². The molecule has 0 radical (unpaired) electrons. The fourth-order valence-electron chi connectivity index (χ4n) is 0.782. The summed E-state index contributed by atoms with van der Waals surface area (Å²) < 4.78 is 15.5. The lowest BCUT2D eigenvalue weighted by molar-refractivity contribution is 0.376. The standard InChI is InChI=1S/C6H7ClNO4P/c1-12-6-4(13(9,10)11)2-3-5(7)8-6/h2-3H,1H3,(H2,9,10,11). The van der Waals surface area contributed by atoms with Crippen molar-refractivity contribution in [1.29, 1.82) is 0 Å². The maximum Gasteiger partial charge on any atom is 0.361 e. The molecule has 0 unspecified atom stereocenters. The van der Waals surface area contributed by atoms with Crippen molar-refractivity contribution >= 4 is 24.5 Å². The van der Waals surface area contributed by atoms with Crippen LogP contribution in [0, 0.1) is 0 Å². The van der Waals surface area contributed by atoms with Crippen LogP contribution in [0.5, 0.6) is 5.88 Å². The molecule has 0 amide bonds. The molecule has 0 saturated carbocycles. The molecule has 5 nitrogen and oxygen atoms in total. The van der Waals surface area contributed by atoms with Gasteiger partial charge in [-0.05, 0) is 12.1 Å². The second kappa shape index (κ2) is 3.64. The molecule has 0 aromatic carbocycles. The minimum absolute atomic E-state index is 0.119. The van der Waals surface area contributed by atoms with Crippen molar-refractivity contribution in [3.8, 4) is 5.88 Å². The average Bonchev–Trinajstić information content (AvgIpc) is 2.01. The van der Waals surface area contributed by atoms with Gasteiger partial charge in [0.15, 0.2) is 0 Å². The Balaban J connectivity index is 3.30. The molecule has 0 fully saturated rings. The number of ether oxygens (including phenoxy) is 1. The van der Waals surface area contributed by atoms with Crippen molar-refractivity contribution in [3.05, 3.63) is 17.3 Å². The minimum Gasteiger partial charge on any atom is -0.480 e. The lowest BCUT2D eigenvalue weighted by atomic mass is 10.5. The van der Waals surface area contributed by atoms with Crippen LogP contribution in [-0.4, -0.2) is 21.9 Å². The lowest BCUT2D eigenvalue weighted by Crippen LogP contribution is -2.09. The first-order chi connectivity index (χ1) is 5.95. The van der Waals surface area contributed by atoms with E-state index in [0.29, 0.717) is 0 Å². The maximum atomic E-state index is 10.9. The second-order valence-electron chi connectivity index (χ2n) is 2.21. The molecule has 7 heteroatoms. The smallest absolute Gasteiger partial charge is 0.361 e. The number of aromatic nitrogens is 1. The molecule has 1 aromatic rings. The Labute approximate surface area is 79.5 Å². The monoisotopic (exact) mass is 223 g/mol. The maximum absolute atomic E-state index is 10.9. The minimum atomic E-state index is -4.34. The molecule has 1 aromatic heterocycles. The molecular formula is C6H7ClNO4P. The van der Waals surface area contributed by atoms with Gasteiger partial charge in [-0.25, -0.2) is 4.98 Å². The highest BCUT2D eigenvalue weighted by Crippen LogP contribution is 2.36. The van der Waals surface area contributed by atoms with Crippen molar-refractivity contribution in [1.82, 2.24) is 4.98 Å². The molecule has 0 saturated heterocycles. The number of hydrogen-bond acceptors (Lipinski definition) is 3. The molecule has 1 heterocycles. The van der Waals surface area contributed by atoms with Crippen LogP contribution >= 0.6 is 19.2 Å². The zero-order chi connectivity index (χ0) is 10.1. The van der Waals surface area contributed by atoms with Crippen molar-refractivity contribution < 1.29 is 19.1 Å². The summed E-state index contributed by atoms with van der Waals surface area (Å²) in [5.74, 6) is -0.152. The molecule has 72 valence electrons. The molecule has 1 rings (SSSR count). The molecule has 0 aliphatic heterocycles. The Bertz CT molecular complexity index is 364. The van der Waals surface area contributed by atoms with Crippen LogP contribution in [0.15, 0.2) is 12.1 Å². The Kier molecular flexibility index (Phi) is 2.93. The van der Waals surface area contributed by atoms with E-state index >= 15 is 0 Å². The van der Waals surface area contributed by atoms with Gasteiger partial charge in [0, 0.05) is 0 Å². The predicted molar refractivity (Wildman–Crippen MR) is 47.5 cm³/mol. The van der Waals surface area contributed by atoms with Crippen molar-refractivity contribution in [2.24, 2.45) is 0 Å². The Morgan fingerprint density at radius 3 is 2.62 bits per heavy atom. The Morgan fingerprint density at radius 1 is 1.54 bits per heavy atom. The topological polar surface area (TPSA) is 79.7 Å². The van der Waals surface area contributed by atoms with E-state index in [-0.39, 0.29) is 16.3 Å². The molecule has 13 heavy (non-hydrogen) atoms. The fraction of sp³-hybridized carbons (Fsp3) is 0.167. The SMILES string of the molecule is COc1nc(Cl)ccc1P(=O)(O)O. The van der Waals surface area contributed by atoms with E-state index in [2.05, 4.69) is 9.72 Å². The third-order valence-corrected chi connectivity index (χ3v) is 2.49. The summed E-state index contributed by atoms with van der Waals surface area (Å²) in [6.45, 7) is 0. The zero-order valence-corrected chi connectivity index (χ0v) is 8.29. The van der Waals surface area contributed by atoms with Crippen LogP contribution in [0.3, 0.4) is 0 Å². The van der Waals surface area contributed by atoms with Gasteiger partial charge in [0.05, 0.1) is 7.11 Å². The predicted octanol–water partition coefficient (Wildman–Crippen LogP) is 0.547. The Morgan fingerprint density at radius 2 is 2.15 bits per heavy atom. The summed E-state index contributed by atoms with van der Waals surface area (Å²) in [7, 11) is -3.08. The van der Waals surface area contributed by atoms with Gasteiger partial charge < -0.3 is 14.5 Å². The number of rotatable bonds is 2. The summed E-state index contributed by atoms with van der Waals surface area (Å²) in [6.07, 6.45) is 0. The zero-order valence-electron chi connectivity index (χ0n) is 6.64. The van der Waals surface area contributed by atoms with E-state index in [1.54, 1.807) is 0 Å². The van der Waals surface area contributed by atoms with E-state index in [9.17, 15) is 4.57 Å². The highest BCUT2D eigenvalue weighted by molar-refractivity contribution is 7.60. The largest absolute Gasteiger partial charge is 0.480 e. The first-order valence-corrected chi connectivity index (χ1v) is 5.21. The summed E-state index contributed by atoms with van der Waals surface area (Å²) in [6, 6.07) is 2.48. The van der Waals surface area contributed by atoms with Gasteiger partial charge in [-0.15, -0.1) is 0 Å². The molecular weight excluding hydrogens is 216 g/mol. The highest BCUT2D eigenvalue weighted by Gasteiger charge is 2.23. The van der Waals surface area contributed by atoms with Crippen molar-refractivity contribution in [2.75, 3.05) is 7.11 Å². The van der Waals surface area contributed by atoms with E-state index in [1.807, 2.05) is 0 Å². The average molecular weight is 224 g/mol. The van der Waals surface area contributed by atoms with Gasteiger partial charge in [-0.1, -0.05) is 11.6 Å². The fourth-order valence-corrected chi connectivity index (χ4v) is 1.58. The third kappa shape index (κ3) is 2.42. The van der Waals surface area contributed by atoms with Crippen LogP contribution < -0.4 is 10.0 Å². The number of hydrogen-bond donors (Lipinski definition) is 2. The van der Waals surface area contributed by atoms with Gasteiger partial charge in [0.1, 0.15) is 10.5 Å². The molecule has 0 spiro atoms. The number of nitrogens with zero attached hydrogens (tertiary/aromatic N) is 1. The molecule has 0 aliphatic rings. The molecule has 0 atom stereocenters. The van der Waals surface area contributed by atoms with Crippen LogP contribution in [0.2, 0.25) is 5.15 Å². The third-order valence-electron chi connectivity index (χ3n) is 1.31. The van der Waals surface area contributed by atoms with Crippen LogP contribution in [-0.2, 0) is 4.57 Å². The van der Waals surface area contributed by atoms with Gasteiger partial charge in [-0.2, -0.15) is 0 Å². The summed E-state index contributed by atoms with van der Waals surface area (Å²) in [5, 5.41) is -0.145. The summed E-state index contributed by atoms with van der Waals surface area (Å²) >= 11 is 5.50. The number of halogens is 1.